The van der Waals surface area contributed by atoms with E-state index in [-0.39, 0.29) is 13.2 Å². The number of carbonyl (C=O) groups excluding carboxylic acids is 2. The van der Waals surface area contributed by atoms with E-state index in [9.17, 15) is 9.59 Å². The molecule has 3 rings (SSSR count). The SMILES string of the molecule is O=C(CNC(=O)[C@H]1COc2ccccc2O1)N/N=C\c1ccccc1Cl. The zero-order chi connectivity index (χ0) is 18.4. The number of hydrogen-bond donors (Lipinski definition) is 2. The van der Waals surface area contributed by atoms with Crippen LogP contribution in [0.15, 0.2) is 53.6 Å². The number of nitrogens with zero attached hydrogens (tertiary/aromatic N) is 1. The maximum Gasteiger partial charge on any atom is 0.265 e. The summed E-state index contributed by atoms with van der Waals surface area (Å²) in [6.07, 6.45) is 0.612. The van der Waals surface area contributed by atoms with Crippen LogP contribution in [0.3, 0.4) is 0 Å². The number of hydrogen-bond acceptors (Lipinski definition) is 5. The van der Waals surface area contributed by atoms with Gasteiger partial charge >= 0.3 is 0 Å². The van der Waals surface area contributed by atoms with Gasteiger partial charge in [-0.1, -0.05) is 41.9 Å². The highest BCUT2D eigenvalue weighted by Gasteiger charge is 2.27. The third-order valence-corrected chi connectivity index (χ3v) is 3.87. The summed E-state index contributed by atoms with van der Waals surface area (Å²) in [5, 5.41) is 6.82. The number of hydrazone groups is 1. The Labute approximate surface area is 154 Å². The minimum atomic E-state index is -0.815. The lowest BCUT2D eigenvalue weighted by molar-refractivity contribution is -0.132. The van der Waals surface area contributed by atoms with Crippen molar-refractivity contribution < 1.29 is 19.1 Å². The zero-order valence-electron chi connectivity index (χ0n) is 13.6. The van der Waals surface area contributed by atoms with Crippen molar-refractivity contribution in [2.75, 3.05) is 13.2 Å². The molecule has 1 heterocycles. The van der Waals surface area contributed by atoms with Gasteiger partial charge in [0.2, 0.25) is 6.10 Å². The molecule has 0 radical (unpaired) electrons. The Morgan fingerprint density at radius 2 is 1.88 bits per heavy atom. The Balaban J connectivity index is 1.45. The van der Waals surface area contributed by atoms with Gasteiger partial charge in [0.15, 0.2) is 11.5 Å². The van der Waals surface area contributed by atoms with Crippen molar-refractivity contribution in [3.63, 3.8) is 0 Å². The van der Waals surface area contributed by atoms with Crippen LogP contribution in [0.1, 0.15) is 5.56 Å². The largest absolute Gasteiger partial charge is 0.485 e. The summed E-state index contributed by atoms with van der Waals surface area (Å²) in [5.41, 5.74) is 2.99. The van der Waals surface area contributed by atoms with E-state index in [1.807, 2.05) is 6.07 Å². The van der Waals surface area contributed by atoms with Crippen LogP contribution >= 0.6 is 11.6 Å². The third kappa shape index (κ3) is 4.52. The van der Waals surface area contributed by atoms with Gasteiger partial charge in [0.25, 0.3) is 11.8 Å². The van der Waals surface area contributed by atoms with Crippen LogP contribution in [0.5, 0.6) is 11.5 Å². The number of nitrogens with one attached hydrogen (secondary N) is 2. The standard InChI is InChI=1S/C18H16ClN3O4/c19-13-6-2-1-5-12(13)9-21-22-17(23)10-20-18(24)16-11-25-14-7-3-4-8-15(14)26-16/h1-9,16H,10-11H2,(H,20,24)(H,22,23)/b21-9-/t16-/m1/s1. The molecule has 0 saturated heterocycles. The smallest absolute Gasteiger partial charge is 0.265 e. The molecule has 0 aliphatic carbocycles. The van der Waals surface area contributed by atoms with E-state index in [1.54, 1.807) is 42.5 Å². The Morgan fingerprint density at radius 3 is 2.69 bits per heavy atom. The van der Waals surface area contributed by atoms with Crippen LogP contribution in [-0.4, -0.2) is 37.3 Å². The molecule has 0 bridgehead atoms. The van der Waals surface area contributed by atoms with Crippen LogP contribution in [-0.2, 0) is 9.59 Å². The summed E-state index contributed by atoms with van der Waals surface area (Å²) in [5.74, 6) is 0.166. The molecule has 0 aromatic heterocycles. The highest BCUT2D eigenvalue weighted by molar-refractivity contribution is 6.33. The molecule has 0 unspecified atom stereocenters. The average Bonchev–Trinajstić information content (AvgIpc) is 2.67. The molecular formula is C18H16ClN3O4. The van der Waals surface area contributed by atoms with E-state index in [0.29, 0.717) is 22.1 Å². The number of fused-ring (bicyclic) bond motifs is 1. The first-order valence-electron chi connectivity index (χ1n) is 7.86. The summed E-state index contributed by atoms with van der Waals surface area (Å²) in [6.45, 7) is -0.157. The molecular weight excluding hydrogens is 358 g/mol. The van der Waals surface area contributed by atoms with E-state index in [4.69, 9.17) is 21.1 Å². The predicted octanol–water partition coefficient (Wildman–Crippen LogP) is 1.75. The zero-order valence-corrected chi connectivity index (χ0v) is 14.4. The molecule has 2 aromatic carbocycles. The molecule has 0 spiro atoms. The Hall–Kier alpha value is -3.06. The highest BCUT2D eigenvalue weighted by atomic mass is 35.5. The molecule has 2 aromatic rings. The van der Waals surface area contributed by atoms with Gasteiger partial charge in [-0.25, -0.2) is 5.43 Å². The lowest BCUT2D eigenvalue weighted by Gasteiger charge is -2.25. The van der Waals surface area contributed by atoms with Crippen molar-refractivity contribution in [3.8, 4) is 11.5 Å². The van der Waals surface area contributed by atoms with Crippen LogP contribution < -0.4 is 20.2 Å². The van der Waals surface area contributed by atoms with Gasteiger partial charge in [0.1, 0.15) is 6.61 Å². The van der Waals surface area contributed by atoms with Crippen molar-refractivity contribution in [2.45, 2.75) is 6.10 Å². The molecule has 2 amide bonds. The molecule has 0 fully saturated rings. The fourth-order valence-corrected chi connectivity index (χ4v) is 2.41. The molecule has 1 atom stereocenters. The summed E-state index contributed by atoms with van der Waals surface area (Å²) in [7, 11) is 0. The van der Waals surface area contributed by atoms with Crippen LogP contribution in [0, 0.1) is 0 Å². The number of ether oxygens (including phenoxy) is 2. The summed E-state index contributed by atoms with van der Waals surface area (Å²) < 4.78 is 11.0. The average molecular weight is 374 g/mol. The fraction of sp³-hybridized carbons (Fsp3) is 0.167. The molecule has 134 valence electrons. The minimum absolute atomic E-state index is 0.0785. The van der Waals surface area contributed by atoms with E-state index in [0.717, 1.165) is 0 Å². The number of halogens is 1. The Bertz CT molecular complexity index is 841. The first-order chi connectivity index (χ1) is 12.6. The fourth-order valence-electron chi connectivity index (χ4n) is 2.22. The molecule has 1 aliphatic rings. The van der Waals surface area contributed by atoms with Gasteiger partial charge in [-0.3, -0.25) is 9.59 Å². The van der Waals surface area contributed by atoms with Crippen LogP contribution in [0.2, 0.25) is 5.02 Å². The second kappa shape index (κ2) is 8.35. The van der Waals surface area contributed by atoms with Gasteiger partial charge < -0.3 is 14.8 Å². The number of carbonyl (C=O) groups is 2. The molecule has 0 saturated carbocycles. The number of para-hydroxylation sites is 2. The van der Waals surface area contributed by atoms with Crippen molar-refractivity contribution in [1.82, 2.24) is 10.7 Å². The predicted molar refractivity (Wildman–Crippen MR) is 96.6 cm³/mol. The van der Waals surface area contributed by atoms with Gasteiger partial charge in [-0.2, -0.15) is 5.10 Å². The quantitative estimate of drug-likeness (QED) is 0.617. The van der Waals surface area contributed by atoms with Crippen molar-refractivity contribution >= 4 is 29.6 Å². The number of amides is 2. The summed E-state index contributed by atoms with van der Waals surface area (Å²) in [4.78, 5) is 23.9. The van der Waals surface area contributed by atoms with Crippen LogP contribution in [0.4, 0.5) is 0 Å². The molecule has 1 aliphatic heterocycles. The molecule has 8 heteroatoms. The second-order valence-corrected chi connectivity index (χ2v) is 5.80. The van der Waals surface area contributed by atoms with Crippen LogP contribution in [0.25, 0.3) is 0 Å². The molecule has 26 heavy (non-hydrogen) atoms. The summed E-state index contributed by atoms with van der Waals surface area (Å²) >= 11 is 5.98. The normalized spacial score (nSPS) is 15.5. The van der Waals surface area contributed by atoms with Gasteiger partial charge in [-0.05, 0) is 18.2 Å². The summed E-state index contributed by atoms with van der Waals surface area (Å²) in [6, 6.07) is 14.2. The van der Waals surface area contributed by atoms with Gasteiger partial charge in [0.05, 0.1) is 12.8 Å². The molecule has 2 N–H and O–H groups in total. The number of rotatable bonds is 5. The van der Waals surface area contributed by atoms with Crippen molar-refractivity contribution in [2.24, 2.45) is 5.10 Å². The Kier molecular flexibility index (Phi) is 5.70. The topological polar surface area (TPSA) is 89.0 Å². The van der Waals surface area contributed by atoms with Crippen molar-refractivity contribution in [1.29, 1.82) is 0 Å². The van der Waals surface area contributed by atoms with E-state index in [2.05, 4.69) is 15.8 Å². The van der Waals surface area contributed by atoms with E-state index < -0.39 is 17.9 Å². The maximum absolute atomic E-state index is 12.1. The van der Waals surface area contributed by atoms with Gasteiger partial charge in [-0.15, -0.1) is 0 Å². The lowest BCUT2D eigenvalue weighted by Crippen LogP contribution is -2.46. The third-order valence-electron chi connectivity index (χ3n) is 3.52. The maximum atomic E-state index is 12.1. The van der Waals surface area contributed by atoms with Gasteiger partial charge in [0, 0.05) is 10.6 Å². The van der Waals surface area contributed by atoms with Crippen molar-refractivity contribution in [3.05, 3.63) is 59.1 Å². The highest BCUT2D eigenvalue weighted by Crippen LogP contribution is 2.30. The van der Waals surface area contributed by atoms with E-state index >= 15 is 0 Å². The molecule has 7 nitrogen and oxygen atoms in total. The second-order valence-electron chi connectivity index (χ2n) is 5.40. The minimum Gasteiger partial charge on any atom is -0.485 e. The van der Waals surface area contributed by atoms with E-state index in [1.165, 1.54) is 6.21 Å². The lowest BCUT2D eigenvalue weighted by atomic mass is 10.2. The monoisotopic (exact) mass is 373 g/mol. The number of benzene rings is 2. The first kappa shape index (κ1) is 17.8. The Morgan fingerprint density at radius 1 is 1.15 bits per heavy atom. The first-order valence-corrected chi connectivity index (χ1v) is 8.24.